The van der Waals surface area contributed by atoms with Crippen molar-refractivity contribution in [3.05, 3.63) is 54.1 Å². The zero-order chi connectivity index (χ0) is 13.2. The van der Waals surface area contributed by atoms with E-state index >= 15 is 0 Å². The van der Waals surface area contributed by atoms with Crippen LogP contribution in [0, 0.1) is 13.0 Å². The van der Waals surface area contributed by atoms with Crippen LogP contribution in [0.4, 0.5) is 13.2 Å². The van der Waals surface area contributed by atoms with Crippen LogP contribution in [0.2, 0.25) is 0 Å². The summed E-state index contributed by atoms with van der Waals surface area (Å²) in [5.74, 6) is -0.220. The number of alkyl halides is 3. The Bertz CT molecular complexity index is 512. The van der Waals surface area contributed by atoms with Gasteiger partial charge in [0.15, 0.2) is 0 Å². The van der Waals surface area contributed by atoms with Crippen LogP contribution in [0.1, 0.15) is 5.56 Å². The fourth-order valence-electron chi connectivity index (χ4n) is 1.53. The van der Waals surface area contributed by atoms with Gasteiger partial charge in [0.2, 0.25) is 0 Å². The molecule has 0 aliphatic rings. The highest BCUT2D eigenvalue weighted by Crippen LogP contribution is 2.26. The summed E-state index contributed by atoms with van der Waals surface area (Å²) in [6.45, 7) is 1.92. The molecule has 0 spiro atoms. The summed E-state index contributed by atoms with van der Waals surface area (Å²) in [5, 5.41) is 0. The van der Waals surface area contributed by atoms with Gasteiger partial charge in [-0.1, -0.05) is 24.3 Å². The molecule has 93 valence electrons. The SMILES string of the molecule is Cc1[c]cc(-c2ccc(OC(F)(F)F)cc2)cc1. The summed E-state index contributed by atoms with van der Waals surface area (Å²) in [6.07, 6.45) is -4.65. The smallest absolute Gasteiger partial charge is 0.406 e. The van der Waals surface area contributed by atoms with E-state index in [1.54, 1.807) is 18.2 Å². The summed E-state index contributed by atoms with van der Waals surface area (Å²) >= 11 is 0. The van der Waals surface area contributed by atoms with Crippen LogP contribution in [0.5, 0.6) is 5.75 Å². The molecule has 2 rings (SSSR count). The fraction of sp³-hybridized carbons (Fsp3) is 0.143. The normalized spacial score (nSPS) is 11.3. The Balaban J connectivity index is 2.20. The molecule has 0 unspecified atom stereocenters. The summed E-state index contributed by atoms with van der Waals surface area (Å²) in [6, 6.07) is 14.4. The molecule has 2 aromatic carbocycles. The standard InChI is InChI=1S/C14H10F3O/c1-10-2-4-11(5-3-10)12-6-8-13(9-7-12)18-14(15,16)17/h2,4-9H,1H3. The molecule has 1 radical (unpaired) electrons. The van der Waals surface area contributed by atoms with Gasteiger partial charge in [-0.2, -0.15) is 0 Å². The number of hydrogen-bond acceptors (Lipinski definition) is 1. The lowest BCUT2D eigenvalue weighted by Gasteiger charge is -2.09. The average molecular weight is 251 g/mol. The van der Waals surface area contributed by atoms with Crippen LogP contribution >= 0.6 is 0 Å². The maximum Gasteiger partial charge on any atom is 0.573 e. The Morgan fingerprint density at radius 1 is 0.944 bits per heavy atom. The lowest BCUT2D eigenvalue weighted by Crippen LogP contribution is -2.16. The number of rotatable bonds is 2. The third kappa shape index (κ3) is 3.26. The van der Waals surface area contributed by atoms with Crippen molar-refractivity contribution >= 4 is 0 Å². The zero-order valence-electron chi connectivity index (χ0n) is 9.58. The molecule has 0 atom stereocenters. The van der Waals surface area contributed by atoms with Gasteiger partial charge in [0.05, 0.1) is 0 Å². The third-order valence-electron chi connectivity index (χ3n) is 2.39. The van der Waals surface area contributed by atoms with Gasteiger partial charge < -0.3 is 4.74 Å². The van der Waals surface area contributed by atoms with Crippen LogP contribution in [0.15, 0.2) is 42.5 Å². The van der Waals surface area contributed by atoms with E-state index in [2.05, 4.69) is 10.8 Å². The number of halogens is 3. The first kappa shape index (κ1) is 12.5. The van der Waals surface area contributed by atoms with Crippen molar-refractivity contribution in [3.8, 4) is 16.9 Å². The lowest BCUT2D eigenvalue weighted by atomic mass is 10.0. The molecular formula is C14H10F3O. The third-order valence-corrected chi connectivity index (χ3v) is 2.39. The van der Waals surface area contributed by atoms with E-state index in [-0.39, 0.29) is 5.75 Å². The highest BCUT2D eigenvalue weighted by molar-refractivity contribution is 5.64. The van der Waals surface area contributed by atoms with Crippen molar-refractivity contribution in [1.82, 2.24) is 0 Å². The number of hydrogen-bond donors (Lipinski definition) is 0. The van der Waals surface area contributed by atoms with Crippen molar-refractivity contribution < 1.29 is 17.9 Å². The second-order valence-corrected chi connectivity index (χ2v) is 3.83. The Kier molecular flexibility index (Phi) is 3.28. The molecule has 0 amide bonds. The molecule has 4 heteroatoms. The minimum atomic E-state index is -4.65. The molecule has 0 bridgehead atoms. The first-order chi connectivity index (χ1) is 8.44. The average Bonchev–Trinajstić information content (AvgIpc) is 2.29. The van der Waals surface area contributed by atoms with Crippen LogP contribution in [-0.2, 0) is 0 Å². The summed E-state index contributed by atoms with van der Waals surface area (Å²) < 4.78 is 39.7. The van der Waals surface area contributed by atoms with Gasteiger partial charge in [-0.3, -0.25) is 0 Å². The molecule has 0 aliphatic heterocycles. The van der Waals surface area contributed by atoms with E-state index in [1.165, 1.54) is 12.1 Å². The van der Waals surface area contributed by atoms with Gasteiger partial charge >= 0.3 is 6.36 Å². The molecule has 0 heterocycles. The van der Waals surface area contributed by atoms with Crippen LogP contribution in [0.25, 0.3) is 11.1 Å². The van der Waals surface area contributed by atoms with Gasteiger partial charge in [0.1, 0.15) is 5.75 Å². The zero-order valence-corrected chi connectivity index (χ0v) is 9.58. The molecule has 0 saturated carbocycles. The van der Waals surface area contributed by atoms with E-state index < -0.39 is 6.36 Å². The van der Waals surface area contributed by atoms with Gasteiger partial charge in [-0.05, 0) is 47.9 Å². The second-order valence-electron chi connectivity index (χ2n) is 3.83. The maximum absolute atomic E-state index is 12.0. The van der Waals surface area contributed by atoms with E-state index in [9.17, 15) is 13.2 Å². The Morgan fingerprint density at radius 3 is 2.06 bits per heavy atom. The first-order valence-corrected chi connectivity index (χ1v) is 5.28. The second kappa shape index (κ2) is 4.72. The van der Waals surface area contributed by atoms with E-state index in [0.717, 1.165) is 16.7 Å². The monoisotopic (exact) mass is 251 g/mol. The molecule has 0 N–H and O–H groups in total. The van der Waals surface area contributed by atoms with Crippen LogP contribution in [-0.4, -0.2) is 6.36 Å². The van der Waals surface area contributed by atoms with E-state index in [1.807, 2.05) is 19.1 Å². The molecule has 0 saturated heterocycles. The fourth-order valence-corrected chi connectivity index (χ4v) is 1.53. The van der Waals surface area contributed by atoms with Crippen molar-refractivity contribution in [3.63, 3.8) is 0 Å². The Hall–Kier alpha value is -1.97. The van der Waals surface area contributed by atoms with Gasteiger partial charge in [0.25, 0.3) is 0 Å². The molecule has 1 nitrogen and oxygen atoms in total. The molecule has 0 fully saturated rings. The summed E-state index contributed by atoms with van der Waals surface area (Å²) in [4.78, 5) is 0. The summed E-state index contributed by atoms with van der Waals surface area (Å²) in [5.41, 5.74) is 2.73. The van der Waals surface area contributed by atoms with Crippen molar-refractivity contribution in [2.45, 2.75) is 13.3 Å². The largest absolute Gasteiger partial charge is 0.573 e. The van der Waals surface area contributed by atoms with Crippen LogP contribution in [0.3, 0.4) is 0 Å². The van der Waals surface area contributed by atoms with Crippen molar-refractivity contribution in [2.24, 2.45) is 0 Å². The number of aryl methyl sites for hydroxylation is 1. The van der Waals surface area contributed by atoms with Crippen molar-refractivity contribution in [1.29, 1.82) is 0 Å². The first-order valence-electron chi connectivity index (χ1n) is 5.28. The maximum atomic E-state index is 12.0. The predicted octanol–water partition coefficient (Wildman–Crippen LogP) is 4.36. The van der Waals surface area contributed by atoms with Gasteiger partial charge in [-0.25, -0.2) is 0 Å². The number of ether oxygens (including phenoxy) is 1. The quantitative estimate of drug-likeness (QED) is 0.770. The van der Waals surface area contributed by atoms with E-state index in [0.29, 0.717) is 0 Å². The molecule has 2 aromatic rings. The Morgan fingerprint density at radius 2 is 1.56 bits per heavy atom. The highest BCUT2D eigenvalue weighted by atomic mass is 19.4. The Labute approximate surface area is 103 Å². The predicted molar refractivity (Wildman–Crippen MR) is 62.1 cm³/mol. The topological polar surface area (TPSA) is 9.23 Å². The minimum absolute atomic E-state index is 0.220. The van der Waals surface area contributed by atoms with E-state index in [4.69, 9.17) is 0 Å². The van der Waals surface area contributed by atoms with Gasteiger partial charge in [-0.15, -0.1) is 13.2 Å². The molecule has 18 heavy (non-hydrogen) atoms. The van der Waals surface area contributed by atoms with Gasteiger partial charge in [0, 0.05) is 0 Å². The minimum Gasteiger partial charge on any atom is -0.406 e. The highest BCUT2D eigenvalue weighted by Gasteiger charge is 2.30. The van der Waals surface area contributed by atoms with Crippen LogP contribution < -0.4 is 4.74 Å². The molecule has 0 aliphatic carbocycles. The molecule has 0 aromatic heterocycles. The van der Waals surface area contributed by atoms with Crippen molar-refractivity contribution in [2.75, 3.05) is 0 Å². The number of benzene rings is 2. The molecular weight excluding hydrogens is 241 g/mol. The lowest BCUT2D eigenvalue weighted by molar-refractivity contribution is -0.274. The summed E-state index contributed by atoms with van der Waals surface area (Å²) in [7, 11) is 0.